The smallest absolute Gasteiger partial charge is 0.114 e. The molecule has 2 rings (SSSR count). The van der Waals surface area contributed by atoms with Crippen LogP contribution in [0.2, 0.25) is 0 Å². The Morgan fingerprint density at radius 1 is 0.607 bits per heavy atom. The summed E-state index contributed by atoms with van der Waals surface area (Å²) < 4.78 is 0. The Morgan fingerprint density at radius 3 is 1.39 bits per heavy atom. The summed E-state index contributed by atoms with van der Waals surface area (Å²) in [5.41, 5.74) is 15.1. The minimum absolute atomic E-state index is 0.346. The molecule has 2 N–H and O–H groups in total. The Morgan fingerprint density at radius 2 is 0.964 bits per heavy atom. The van der Waals surface area contributed by atoms with E-state index in [2.05, 4.69) is 79.9 Å². The number of hydrogen-bond donors (Lipinski definition) is 2. The maximum Gasteiger partial charge on any atom is 0.114 e. The molecule has 0 spiro atoms. The molecule has 0 bridgehead atoms. The van der Waals surface area contributed by atoms with Crippen molar-refractivity contribution < 1.29 is 0 Å². The van der Waals surface area contributed by atoms with E-state index >= 15 is 0 Å². The summed E-state index contributed by atoms with van der Waals surface area (Å²) in [4.78, 5) is 0. The van der Waals surface area contributed by atoms with Crippen LogP contribution in [0.15, 0.2) is 0 Å². The van der Waals surface area contributed by atoms with E-state index < -0.39 is 0 Å². The van der Waals surface area contributed by atoms with E-state index in [1.807, 2.05) is 7.05 Å². The maximum atomic E-state index is 6.57. The first kappa shape index (κ1) is 22.7. The van der Waals surface area contributed by atoms with Crippen LogP contribution >= 0.6 is 0 Å². The summed E-state index contributed by atoms with van der Waals surface area (Å²) in [7, 11) is 8.55. The third-order valence-corrected chi connectivity index (χ3v) is 7.30. The molecule has 2 nitrogen and oxygen atoms in total. The number of benzene rings is 2. The third-order valence-electron chi connectivity index (χ3n) is 7.30. The summed E-state index contributed by atoms with van der Waals surface area (Å²) in [5, 5.41) is 7.10. The van der Waals surface area contributed by atoms with Crippen molar-refractivity contribution in [3.8, 4) is 0 Å². The Labute approximate surface area is 173 Å². The molecule has 0 aliphatic heterocycles. The summed E-state index contributed by atoms with van der Waals surface area (Å²) in [6.45, 7) is 23.0. The predicted octanol–water partition coefficient (Wildman–Crippen LogP) is 4.29. The standard InChI is InChI=1S/C25H37BN2/c1-13-14(2)17(5)22(18(6)15(13)3)25(10,28-12-27-11)23-19(7)16(4)20(8)24(26)21(23)9/h27-28H,12H2,1-11H3. The van der Waals surface area contributed by atoms with E-state index in [1.54, 1.807) is 0 Å². The molecule has 1 unspecified atom stereocenters. The molecule has 0 saturated heterocycles. The van der Waals surface area contributed by atoms with Crippen LogP contribution in [0, 0.1) is 62.3 Å². The van der Waals surface area contributed by atoms with E-state index in [0.29, 0.717) is 6.67 Å². The highest BCUT2D eigenvalue weighted by Crippen LogP contribution is 2.41. The zero-order valence-electron chi connectivity index (χ0n) is 19.8. The van der Waals surface area contributed by atoms with Gasteiger partial charge in [0, 0.05) is 6.67 Å². The van der Waals surface area contributed by atoms with Gasteiger partial charge in [-0.25, -0.2) is 0 Å². The molecule has 3 heteroatoms. The monoisotopic (exact) mass is 376 g/mol. The van der Waals surface area contributed by atoms with Gasteiger partial charge in [0.2, 0.25) is 0 Å². The summed E-state index contributed by atoms with van der Waals surface area (Å²) in [5.74, 6) is 0. The Kier molecular flexibility index (Phi) is 6.52. The fourth-order valence-electron chi connectivity index (χ4n) is 4.93. The molecule has 0 saturated carbocycles. The number of nitrogens with one attached hydrogen (secondary N) is 2. The topological polar surface area (TPSA) is 24.1 Å². The van der Waals surface area contributed by atoms with Crippen LogP contribution in [0.4, 0.5) is 0 Å². The molecule has 0 heterocycles. The van der Waals surface area contributed by atoms with Crippen LogP contribution in [-0.4, -0.2) is 21.6 Å². The fourth-order valence-corrected chi connectivity index (χ4v) is 4.93. The second kappa shape index (κ2) is 8.04. The average Bonchev–Trinajstić information content (AvgIpc) is 2.66. The van der Waals surface area contributed by atoms with Crippen molar-refractivity contribution in [2.24, 2.45) is 0 Å². The molecule has 0 fully saturated rings. The van der Waals surface area contributed by atoms with E-state index in [-0.39, 0.29) is 5.54 Å². The normalized spacial score (nSPS) is 13.7. The molecule has 2 aromatic rings. The molecule has 0 aliphatic rings. The Bertz CT molecular complexity index is 798. The number of rotatable bonds is 5. The Hall–Kier alpha value is -1.58. The van der Waals surface area contributed by atoms with Crippen molar-refractivity contribution in [2.75, 3.05) is 13.7 Å². The first-order chi connectivity index (χ1) is 12.9. The SMILES string of the molecule is [B]c1c(C)c(C)c(C)c(C(C)(NCNC)c2c(C)c(C)c(C)c(C)c2C)c1C. The van der Waals surface area contributed by atoms with Gasteiger partial charge < -0.3 is 5.32 Å². The van der Waals surface area contributed by atoms with E-state index in [0.717, 1.165) is 5.46 Å². The van der Waals surface area contributed by atoms with Gasteiger partial charge in [-0.1, -0.05) is 16.6 Å². The second-order valence-electron chi connectivity index (χ2n) is 8.62. The largest absolute Gasteiger partial charge is 0.308 e. The van der Waals surface area contributed by atoms with Crippen LogP contribution in [0.25, 0.3) is 0 Å². The molecule has 0 aromatic heterocycles. The van der Waals surface area contributed by atoms with Crippen molar-refractivity contribution in [3.05, 3.63) is 61.2 Å². The van der Waals surface area contributed by atoms with Crippen molar-refractivity contribution in [2.45, 2.75) is 74.8 Å². The molecule has 2 radical (unpaired) electrons. The fraction of sp³-hybridized carbons (Fsp3) is 0.520. The first-order valence-corrected chi connectivity index (χ1v) is 10.2. The average molecular weight is 376 g/mol. The van der Waals surface area contributed by atoms with Gasteiger partial charge in [-0.05, 0) is 126 Å². The van der Waals surface area contributed by atoms with Crippen LogP contribution in [0.3, 0.4) is 0 Å². The molecule has 28 heavy (non-hydrogen) atoms. The van der Waals surface area contributed by atoms with Gasteiger partial charge in [0.15, 0.2) is 0 Å². The zero-order chi connectivity index (χ0) is 21.5. The quantitative estimate of drug-likeness (QED) is 0.601. The number of hydrogen-bond acceptors (Lipinski definition) is 2. The third kappa shape index (κ3) is 3.33. The summed E-state index contributed by atoms with van der Waals surface area (Å²) in [6, 6.07) is 0. The molecular formula is C25H37BN2. The van der Waals surface area contributed by atoms with Gasteiger partial charge in [0.05, 0.1) is 5.54 Å². The lowest BCUT2D eigenvalue weighted by Crippen LogP contribution is -2.47. The van der Waals surface area contributed by atoms with E-state index in [4.69, 9.17) is 7.85 Å². The van der Waals surface area contributed by atoms with Crippen LogP contribution in [0.5, 0.6) is 0 Å². The molecule has 0 aliphatic carbocycles. The molecule has 2 aromatic carbocycles. The van der Waals surface area contributed by atoms with Crippen LogP contribution in [0.1, 0.15) is 68.1 Å². The van der Waals surface area contributed by atoms with Crippen LogP contribution < -0.4 is 16.1 Å². The first-order valence-electron chi connectivity index (χ1n) is 10.2. The van der Waals surface area contributed by atoms with Crippen molar-refractivity contribution in [1.29, 1.82) is 0 Å². The zero-order valence-corrected chi connectivity index (χ0v) is 19.8. The highest BCUT2D eigenvalue weighted by atomic mass is 15.1. The minimum Gasteiger partial charge on any atom is -0.308 e. The van der Waals surface area contributed by atoms with Crippen molar-refractivity contribution >= 4 is 13.3 Å². The van der Waals surface area contributed by atoms with Crippen molar-refractivity contribution in [1.82, 2.24) is 10.6 Å². The minimum atomic E-state index is -0.346. The van der Waals surface area contributed by atoms with E-state index in [9.17, 15) is 0 Å². The summed E-state index contributed by atoms with van der Waals surface area (Å²) in [6.07, 6.45) is 0. The van der Waals surface area contributed by atoms with Gasteiger partial charge in [-0.3, -0.25) is 5.32 Å². The maximum absolute atomic E-state index is 6.57. The second-order valence-corrected chi connectivity index (χ2v) is 8.62. The van der Waals surface area contributed by atoms with Gasteiger partial charge in [-0.2, -0.15) is 0 Å². The molecule has 150 valence electrons. The molecular weight excluding hydrogens is 339 g/mol. The highest BCUT2D eigenvalue weighted by molar-refractivity contribution is 6.34. The summed E-state index contributed by atoms with van der Waals surface area (Å²) >= 11 is 0. The van der Waals surface area contributed by atoms with Gasteiger partial charge in [0.25, 0.3) is 0 Å². The lowest BCUT2D eigenvalue weighted by atomic mass is 9.69. The lowest BCUT2D eigenvalue weighted by Gasteiger charge is -2.40. The lowest BCUT2D eigenvalue weighted by molar-refractivity contribution is 0.417. The van der Waals surface area contributed by atoms with Gasteiger partial charge >= 0.3 is 0 Å². The van der Waals surface area contributed by atoms with Gasteiger partial charge in [0.1, 0.15) is 7.85 Å². The Balaban J connectivity index is 3.02. The van der Waals surface area contributed by atoms with E-state index in [1.165, 1.54) is 61.2 Å². The highest BCUT2D eigenvalue weighted by Gasteiger charge is 2.36. The molecule has 1 atom stereocenters. The van der Waals surface area contributed by atoms with Crippen molar-refractivity contribution in [3.63, 3.8) is 0 Å². The van der Waals surface area contributed by atoms with Crippen LogP contribution in [-0.2, 0) is 5.54 Å². The predicted molar refractivity (Wildman–Crippen MR) is 124 cm³/mol. The van der Waals surface area contributed by atoms with Gasteiger partial charge in [-0.15, -0.1) is 0 Å². The molecule has 0 amide bonds.